The van der Waals surface area contributed by atoms with Crippen molar-refractivity contribution in [3.63, 3.8) is 0 Å². The van der Waals surface area contributed by atoms with Crippen molar-refractivity contribution in [2.24, 2.45) is 0 Å². The van der Waals surface area contributed by atoms with Gasteiger partial charge in [0.1, 0.15) is 0 Å². The van der Waals surface area contributed by atoms with E-state index < -0.39 is 0 Å². The lowest BCUT2D eigenvalue weighted by atomic mass is 10.0. The van der Waals surface area contributed by atoms with Gasteiger partial charge in [-0.15, -0.1) is 5.10 Å². The Morgan fingerprint density at radius 3 is 3.06 bits per heavy atom. The molecule has 2 N–H and O–H groups in total. The third-order valence-corrected chi connectivity index (χ3v) is 3.40. The quantitative estimate of drug-likeness (QED) is 0.785. The lowest BCUT2D eigenvalue weighted by Crippen LogP contribution is -2.44. The Morgan fingerprint density at radius 2 is 2.33 bits per heavy atom. The second-order valence-electron chi connectivity index (χ2n) is 4.65. The van der Waals surface area contributed by atoms with E-state index in [2.05, 4.69) is 20.4 Å². The fourth-order valence-corrected chi connectivity index (χ4v) is 2.34. The molecule has 0 amide bonds. The zero-order valence-electron chi connectivity index (χ0n) is 10.9. The number of anilines is 1. The largest absolute Gasteiger partial charge is 0.408 e. The van der Waals surface area contributed by atoms with Gasteiger partial charge < -0.3 is 14.8 Å². The lowest BCUT2D eigenvalue weighted by molar-refractivity contribution is 0.0939. The van der Waals surface area contributed by atoms with Gasteiger partial charge in [-0.2, -0.15) is 0 Å². The molecule has 18 heavy (non-hydrogen) atoms. The van der Waals surface area contributed by atoms with Crippen molar-refractivity contribution in [1.29, 1.82) is 0 Å². The summed E-state index contributed by atoms with van der Waals surface area (Å²) in [4.78, 5) is 2.33. The Kier molecular flexibility index (Phi) is 4.95. The molecule has 1 aliphatic rings. The van der Waals surface area contributed by atoms with Crippen molar-refractivity contribution in [2.45, 2.75) is 38.6 Å². The Labute approximate surface area is 107 Å². The van der Waals surface area contributed by atoms with Gasteiger partial charge in [0.05, 0.1) is 6.61 Å². The number of aliphatic hydroxyl groups excluding tert-OH is 1. The molecule has 1 fully saturated rings. The number of aliphatic hydroxyl groups is 1. The summed E-state index contributed by atoms with van der Waals surface area (Å²) in [6.07, 6.45) is 4.29. The van der Waals surface area contributed by atoms with Gasteiger partial charge in [0.2, 0.25) is 5.89 Å². The summed E-state index contributed by atoms with van der Waals surface area (Å²) in [5, 5.41) is 20.2. The summed E-state index contributed by atoms with van der Waals surface area (Å²) < 4.78 is 5.37. The average molecular weight is 254 g/mol. The maximum absolute atomic E-state index is 9.31. The van der Waals surface area contributed by atoms with Gasteiger partial charge in [0, 0.05) is 25.6 Å². The van der Waals surface area contributed by atoms with Crippen LogP contribution in [0.25, 0.3) is 0 Å². The molecule has 1 aliphatic heterocycles. The first-order valence-electron chi connectivity index (χ1n) is 6.74. The van der Waals surface area contributed by atoms with Crippen LogP contribution in [0.4, 0.5) is 6.01 Å². The van der Waals surface area contributed by atoms with Crippen LogP contribution in [0.5, 0.6) is 0 Å². The minimum atomic E-state index is 0.251. The van der Waals surface area contributed by atoms with Crippen LogP contribution in [0.1, 0.15) is 32.1 Å². The second-order valence-corrected chi connectivity index (χ2v) is 4.65. The lowest BCUT2D eigenvalue weighted by Gasteiger charge is -2.34. The molecule has 1 atom stereocenters. The van der Waals surface area contributed by atoms with Crippen molar-refractivity contribution in [3.05, 3.63) is 5.89 Å². The molecule has 2 rings (SSSR count). The number of aromatic nitrogens is 2. The monoisotopic (exact) mass is 254 g/mol. The maximum atomic E-state index is 9.31. The number of piperidine rings is 1. The van der Waals surface area contributed by atoms with E-state index in [0.717, 1.165) is 32.5 Å². The van der Waals surface area contributed by atoms with Gasteiger partial charge in [-0.05, 0) is 19.4 Å². The summed E-state index contributed by atoms with van der Waals surface area (Å²) in [5.74, 6) is 0.656. The van der Waals surface area contributed by atoms with E-state index in [1.54, 1.807) is 0 Å². The van der Waals surface area contributed by atoms with Crippen molar-refractivity contribution >= 4 is 6.01 Å². The van der Waals surface area contributed by atoms with Crippen LogP contribution in [-0.2, 0) is 6.42 Å². The van der Waals surface area contributed by atoms with Crippen molar-refractivity contribution < 1.29 is 9.52 Å². The van der Waals surface area contributed by atoms with E-state index in [1.165, 1.54) is 12.8 Å². The van der Waals surface area contributed by atoms with Crippen molar-refractivity contribution in [2.75, 3.05) is 31.6 Å². The van der Waals surface area contributed by atoms with Gasteiger partial charge >= 0.3 is 6.01 Å². The predicted molar refractivity (Wildman–Crippen MR) is 68.5 cm³/mol. The third kappa shape index (κ3) is 3.43. The number of rotatable bonds is 6. The van der Waals surface area contributed by atoms with Crippen LogP contribution in [0.15, 0.2) is 4.42 Å². The first-order valence-corrected chi connectivity index (χ1v) is 6.74. The van der Waals surface area contributed by atoms with Crippen LogP contribution in [-0.4, -0.2) is 52.5 Å². The standard InChI is InChI=1S/C12H22N4O2/c1-2-11-14-15-12(18-11)13-6-8-16-7-4-3-5-10(16)9-17/h10,17H,2-9H2,1H3,(H,13,15)/t10-/m0/s1. The summed E-state index contributed by atoms with van der Waals surface area (Å²) in [7, 11) is 0. The highest BCUT2D eigenvalue weighted by Crippen LogP contribution is 2.16. The number of hydrogen-bond donors (Lipinski definition) is 2. The first kappa shape index (κ1) is 13.3. The Bertz CT molecular complexity index is 356. The molecule has 1 aromatic heterocycles. The highest BCUT2D eigenvalue weighted by molar-refractivity contribution is 5.16. The van der Waals surface area contributed by atoms with E-state index >= 15 is 0 Å². The van der Waals surface area contributed by atoms with Gasteiger partial charge in [-0.1, -0.05) is 18.4 Å². The number of aryl methyl sites for hydroxylation is 1. The van der Waals surface area contributed by atoms with Gasteiger partial charge in [0.25, 0.3) is 0 Å². The van der Waals surface area contributed by atoms with Crippen LogP contribution in [0, 0.1) is 0 Å². The van der Waals surface area contributed by atoms with Gasteiger partial charge in [-0.3, -0.25) is 4.90 Å². The maximum Gasteiger partial charge on any atom is 0.315 e. The molecule has 1 saturated heterocycles. The van der Waals surface area contributed by atoms with Crippen molar-refractivity contribution in [1.82, 2.24) is 15.1 Å². The molecule has 6 heteroatoms. The fourth-order valence-electron chi connectivity index (χ4n) is 2.34. The van der Waals surface area contributed by atoms with Gasteiger partial charge in [0.15, 0.2) is 0 Å². The highest BCUT2D eigenvalue weighted by Gasteiger charge is 2.20. The number of hydrogen-bond acceptors (Lipinski definition) is 6. The minimum absolute atomic E-state index is 0.251. The van der Waals surface area contributed by atoms with E-state index in [-0.39, 0.29) is 6.61 Å². The molecule has 102 valence electrons. The zero-order valence-corrected chi connectivity index (χ0v) is 10.9. The van der Waals surface area contributed by atoms with E-state index in [9.17, 15) is 5.11 Å². The minimum Gasteiger partial charge on any atom is -0.408 e. The van der Waals surface area contributed by atoms with E-state index in [0.29, 0.717) is 17.9 Å². The average Bonchev–Trinajstić information content (AvgIpc) is 2.87. The summed E-state index contributed by atoms with van der Waals surface area (Å²) in [6, 6.07) is 0.804. The Morgan fingerprint density at radius 1 is 1.44 bits per heavy atom. The number of nitrogens with one attached hydrogen (secondary N) is 1. The summed E-state index contributed by atoms with van der Waals surface area (Å²) >= 11 is 0. The predicted octanol–water partition coefficient (Wildman–Crippen LogP) is 0.891. The molecule has 0 aromatic carbocycles. The zero-order chi connectivity index (χ0) is 12.8. The molecular formula is C12H22N4O2. The number of likely N-dealkylation sites (tertiary alicyclic amines) is 1. The molecular weight excluding hydrogens is 232 g/mol. The molecule has 0 unspecified atom stereocenters. The third-order valence-electron chi connectivity index (χ3n) is 3.40. The van der Waals surface area contributed by atoms with E-state index in [1.807, 2.05) is 6.92 Å². The topological polar surface area (TPSA) is 74.4 Å². The molecule has 2 heterocycles. The SMILES string of the molecule is CCc1nnc(NCCN2CCCC[C@H]2CO)o1. The Balaban J connectivity index is 1.73. The van der Waals surface area contributed by atoms with Crippen LogP contribution < -0.4 is 5.32 Å². The second kappa shape index (κ2) is 6.70. The van der Waals surface area contributed by atoms with Crippen molar-refractivity contribution in [3.8, 4) is 0 Å². The smallest absolute Gasteiger partial charge is 0.315 e. The van der Waals surface area contributed by atoms with Crippen LogP contribution >= 0.6 is 0 Å². The molecule has 1 aromatic rings. The van der Waals surface area contributed by atoms with E-state index in [4.69, 9.17) is 4.42 Å². The molecule has 0 saturated carbocycles. The van der Waals surface area contributed by atoms with Crippen LogP contribution in [0.3, 0.4) is 0 Å². The Hall–Kier alpha value is -1.14. The number of nitrogens with zero attached hydrogens (tertiary/aromatic N) is 3. The summed E-state index contributed by atoms with van der Waals surface area (Å²) in [5.41, 5.74) is 0. The summed E-state index contributed by atoms with van der Waals surface area (Å²) in [6.45, 7) is 4.96. The molecule has 6 nitrogen and oxygen atoms in total. The van der Waals surface area contributed by atoms with Crippen LogP contribution in [0.2, 0.25) is 0 Å². The molecule has 0 radical (unpaired) electrons. The molecule has 0 bridgehead atoms. The molecule has 0 spiro atoms. The highest BCUT2D eigenvalue weighted by atomic mass is 16.4. The molecule has 0 aliphatic carbocycles. The normalized spacial score (nSPS) is 21.1. The first-order chi connectivity index (χ1) is 8.83. The van der Waals surface area contributed by atoms with Gasteiger partial charge in [-0.25, -0.2) is 0 Å². The fraction of sp³-hybridized carbons (Fsp3) is 0.833.